The van der Waals surface area contributed by atoms with E-state index in [0.29, 0.717) is 6.42 Å². The summed E-state index contributed by atoms with van der Waals surface area (Å²) in [5, 5.41) is 40.9. The van der Waals surface area contributed by atoms with Crippen LogP contribution in [-0.2, 0) is 28.5 Å². The maximum absolute atomic E-state index is 14.0. The average Bonchev–Trinajstić information content (AvgIpc) is 3.72. The number of carbonyl (C=O) groups excluding carboxylic acids is 1. The Morgan fingerprint density at radius 2 is 1.52 bits per heavy atom. The second kappa shape index (κ2) is 9.27. The molecule has 8 rings (SSSR count). The Bertz CT molecular complexity index is 1350. The summed E-state index contributed by atoms with van der Waals surface area (Å²) in [7, 11) is 0. The van der Waals surface area contributed by atoms with Crippen molar-refractivity contribution in [2.75, 3.05) is 0 Å². The summed E-state index contributed by atoms with van der Waals surface area (Å²) in [6, 6.07) is 0. The monoisotopic (exact) mass is 646 g/mol. The first kappa shape index (κ1) is 31.9. The third-order valence-corrected chi connectivity index (χ3v) is 16.3. The first-order valence-electron chi connectivity index (χ1n) is 17.8. The number of carboxylic acids is 1. The minimum absolute atomic E-state index is 0.0293. The highest BCUT2D eigenvalue weighted by Crippen LogP contribution is 2.83. The third kappa shape index (κ3) is 3.55. The number of rotatable bonds is 3. The third-order valence-electron chi connectivity index (χ3n) is 16.3. The van der Waals surface area contributed by atoms with Gasteiger partial charge in [0.1, 0.15) is 24.4 Å². The number of hydrogen-bond acceptors (Lipinski definition) is 9. The second-order valence-electron chi connectivity index (χ2n) is 18.8. The number of aliphatic carboxylic acids is 1. The van der Waals surface area contributed by atoms with E-state index in [-0.39, 0.29) is 74.5 Å². The van der Waals surface area contributed by atoms with Gasteiger partial charge in [-0.05, 0) is 91.3 Å². The van der Waals surface area contributed by atoms with Crippen LogP contribution in [0.2, 0.25) is 0 Å². The summed E-state index contributed by atoms with van der Waals surface area (Å²) in [5.74, 6) is -0.691. The first-order valence-corrected chi connectivity index (χ1v) is 17.8. The van der Waals surface area contributed by atoms with Gasteiger partial charge >= 0.3 is 11.9 Å². The van der Waals surface area contributed by atoms with E-state index in [1.165, 1.54) is 0 Å². The summed E-state index contributed by atoms with van der Waals surface area (Å²) in [4.78, 5) is 25.7. The van der Waals surface area contributed by atoms with E-state index in [0.717, 1.165) is 51.4 Å². The van der Waals surface area contributed by atoms with Crippen molar-refractivity contribution in [2.24, 2.45) is 50.2 Å². The normalized spacial score (nSPS) is 59.2. The highest BCUT2D eigenvalue weighted by atomic mass is 16.7. The summed E-state index contributed by atoms with van der Waals surface area (Å²) in [6.07, 6.45) is -0.188. The van der Waals surface area contributed by atoms with Gasteiger partial charge < -0.3 is 39.4 Å². The molecule has 3 saturated heterocycles. The molecule has 0 aromatic carbocycles. The number of esters is 1. The predicted octanol–water partition coefficient (Wildman–Crippen LogP) is 3.81. The zero-order valence-corrected chi connectivity index (χ0v) is 28.5. The molecule has 258 valence electrons. The van der Waals surface area contributed by atoms with E-state index in [4.69, 9.17) is 18.9 Å². The van der Waals surface area contributed by atoms with Gasteiger partial charge in [0.2, 0.25) is 0 Å². The van der Waals surface area contributed by atoms with Crippen LogP contribution in [-0.4, -0.2) is 87.0 Å². The molecular formula is C36H54O10. The van der Waals surface area contributed by atoms with Crippen LogP contribution in [0.25, 0.3) is 0 Å². The Morgan fingerprint density at radius 1 is 0.826 bits per heavy atom. The van der Waals surface area contributed by atoms with E-state index < -0.39 is 42.3 Å². The number of carboxylic acid groups (broad SMARTS) is 1. The van der Waals surface area contributed by atoms with E-state index >= 15 is 0 Å². The van der Waals surface area contributed by atoms with E-state index in [1.54, 1.807) is 0 Å². The molecule has 1 spiro atoms. The highest BCUT2D eigenvalue weighted by molar-refractivity contribution is 5.82. The predicted molar refractivity (Wildman–Crippen MR) is 163 cm³/mol. The Hall–Kier alpha value is -1.30. The van der Waals surface area contributed by atoms with Crippen molar-refractivity contribution >= 4 is 11.9 Å². The number of aliphatic hydroxyl groups is 3. The summed E-state index contributed by atoms with van der Waals surface area (Å²) >= 11 is 0. The van der Waals surface area contributed by atoms with Gasteiger partial charge in [-0.25, -0.2) is 4.79 Å². The van der Waals surface area contributed by atoms with Crippen molar-refractivity contribution < 1.29 is 49.0 Å². The fraction of sp³-hybridized carbons (Fsp3) is 0.944. The van der Waals surface area contributed by atoms with Crippen LogP contribution >= 0.6 is 0 Å². The molecule has 3 heterocycles. The van der Waals surface area contributed by atoms with Crippen LogP contribution in [0.3, 0.4) is 0 Å². The maximum Gasteiger partial charge on any atom is 0.335 e. The minimum atomic E-state index is -1.75. The van der Waals surface area contributed by atoms with Crippen LogP contribution in [0, 0.1) is 50.2 Å². The van der Waals surface area contributed by atoms with E-state index in [1.807, 2.05) is 0 Å². The lowest BCUT2D eigenvalue weighted by atomic mass is 9.31. The largest absolute Gasteiger partial charge is 0.479 e. The summed E-state index contributed by atoms with van der Waals surface area (Å²) < 4.78 is 25.6. The number of carbonyl (C=O) groups is 2. The molecule has 5 aliphatic carbocycles. The van der Waals surface area contributed by atoms with Crippen molar-refractivity contribution in [3.05, 3.63) is 0 Å². The van der Waals surface area contributed by atoms with Crippen molar-refractivity contribution in [1.82, 2.24) is 0 Å². The van der Waals surface area contributed by atoms with Crippen LogP contribution in [0.1, 0.15) is 106 Å². The summed E-state index contributed by atoms with van der Waals surface area (Å²) in [6.45, 7) is 16.4. The molecule has 10 heteroatoms. The lowest BCUT2D eigenvalue weighted by molar-refractivity contribution is -0.327. The number of hydrogen-bond donors (Lipinski definition) is 4. The van der Waals surface area contributed by atoms with Crippen molar-refractivity contribution in [1.29, 1.82) is 0 Å². The Kier molecular flexibility index (Phi) is 6.44. The van der Waals surface area contributed by atoms with E-state index in [9.17, 15) is 30.0 Å². The van der Waals surface area contributed by atoms with Gasteiger partial charge in [0.25, 0.3) is 0 Å². The Labute approximate surface area is 271 Å². The molecular weight excluding hydrogens is 592 g/mol. The molecule has 16 atom stereocenters. The second-order valence-corrected chi connectivity index (χ2v) is 18.8. The average molecular weight is 647 g/mol. The van der Waals surface area contributed by atoms with Gasteiger partial charge in [0.15, 0.2) is 18.0 Å². The van der Waals surface area contributed by atoms with E-state index in [2.05, 4.69) is 48.5 Å². The first-order chi connectivity index (χ1) is 21.3. The van der Waals surface area contributed by atoms with Gasteiger partial charge in [-0.1, -0.05) is 48.5 Å². The highest BCUT2D eigenvalue weighted by Gasteiger charge is 2.89. The number of ether oxygens (including phenoxy) is 4. The Morgan fingerprint density at radius 3 is 2.22 bits per heavy atom. The zero-order valence-electron chi connectivity index (χ0n) is 28.5. The smallest absolute Gasteiger partial charge is 0.335 e. The van der Waals surface area contributed by atoms with Gasteiger partial charge in [0.05, 0.1) is 17.6 Å². The summed E-state index contributed by atoms with van der Waals surface area (Å²) in [5.41, 5.74) is -1.57. The molecule has 8 fully saturated rings. The number of aliphatic hydroxyl groups excluding tert-OH is 3. The molecule has 2 bridgehead atoms. The van der Waals surface area contributed by atoms with Gasteiger partial charge in [-0.15, -0.1) is 0 Å². The van der Waals surface area contributed by atoms with Crippen molar-refractivity contribution in [2.45, 2.75) is 161 Å². The Balaban J connectivity index is 1.11. The minimum Gasteiger partial charge on any atom is -0.479 e. The van der Waals surface area contributed by atoms with Crippen LogP contribution in [0.15, 0.2) is 0 Å². The molecule has 46 heavy (non-hydrogen) atoms. The quantitative estimate of drug-likeness (QED) is 0.202. The maximum atomic E-state index is 14.0. The van der Waals surface area contributed by atoms with Gasteiger partial charge in [0, 0.05) is 11.3 Å². The molecule has 10 nitrogen and oxygen atoms in total. The molecule has 0 amide bonds. The van der Waals surface area contributed by atoms with Crippen LogP contribution < -0.4 is 0 Å². The van der Waals surface area contributed by atoms with Crippen molar-refractivity contribution in [3.8, 4) is 0 Å². The standard InChI is InChI=1S/C36H54O10/c1-30(2)12-14-35-15-13-34(7)33(6)11-8-17-31(3,4)19(43-28-22(39)20(37)21(38)23(45-28)27(40)41)9-10-32(17,5)25(33)24-26(44-24)36(34,18(35)16-30)46-29(35)42/h17-26,28,37-39H,8-16H2,1-7H3,(H,40,41)/t17-,18+,19-,20-,21-,22+,23-,24-,25+,26-,28+,32-,33+,34-,35-,36+/m0/s1. The topological polar surface area (TPSA) is 155 Å². The van der Waals surface area contributed by atoms with Gasteiger partial charge in [-0.3, -0.25) is 4.79 Å². The fourth-order valence-electron chi connectivity index (χ4n) is 13.7. The lowest BCUT2D eigenvalue weighted by Gasteiger charge is -2.72. The van der Waals surface area contributed by atoms with Gasteiger partial charge in [-0.2, -0.15) is 0 Å². The molecule has 0 radical (unpaired) electrons. The number of fused-ring (bicyclic) bond motifs is 6. The molecule has 0 unspecified atom stereocenters. The molecule has 0 aromatic heterocycles. The molecule has 8 aliphatic rings. The molecule has 3 aliphatic heterocycles. The van der Waals surface area contributed by atoms with Crippen LogP contribution in [0.5, 0.6) is 0 Å². The van der Waals surface area contributed by atoms with Crippen molar-refractivity contribution in [3.63, 3.8) is 0 Å². The molecule has 0 aromatic rings. The zero-order chi connectivity index (χ0) is 33.2. The lowest BCUT2D eigenvalue weighted by Crippen LogP contribution is -2.75. The van der Waals surface area contributed by atoms with Crippen LogP contribution in [0.4, 0.5) is 0 Å². The number of epoxide rings is 1. The SMILES string of the molecule is CC1(C)CC[C@@]23CC[C@]4(C)[C@@](OC2=O)([C@@H]3C1)[C@H]1O[C@H]1[C@@H]1[C@@]2(C)CC[C@H](O[C@@H]3O[C@H](C(=O)O)[C@@H](O)[C@H](O)[C@H]3O)C(C)(C)[C@@H]2CC[C@]14C. The fourth-order valence-corrected chi connectivity index (χ4v) is 13.7. The molecule has 4 N–H and O–H groups in total. The molecule has 5 saturated carbocycles.